The van der Waals surface area contributed by atoms with E-state index in [1.807, 2.05) is 6.92 Å². The molecule has 0 saturated heterocycles. The van der Waals surface area contributed by atoms with Gasteiger partial charge in [-0.1, -0.05) is 21.1 Å². The number of pyridine rings is 1. The van der Waals surface area contributed by atoms with Crippen LogP contribution in [0.15, 0.2) is 46.2 Å². The van der Waals surface area contributed by atoms with Gasteiger partial charge in [-0.3, -0.25) is 9.78 Å². The summed E-state index contributed by atoms with van der Waals surface area (Å²) in [6.45, 7) is 1.84. The van der Waals surface area contributed by atoms with E-state index in [0.29, 0.717) is 16.8 Å². The number of oxime groups is 1. The number of halogens is 1. The number of aryl methyl sites for hydroxylation is 1. The van der Waals surface area contributed by atoms with Crippen molar-refractivity contribution < 1.29 is 10.0 Å². The zero-order chi connectivity index (χ0) is 15.4. The number of nitrogens with two attached hydrogens (primary N) is 1. The second-order valence-electron chi connectivity index (χ2n) is 4.32. The summed E-state index contributed by atoms with van der Waals surface area (Å²) in [5.41, 5.74) is 7.71. The van der Waals surface area contributed by atoms with Gasteiger partial charge in [-0.05, 0) is 37.3 Å². The van der Waals surface area contributed by atoms with E-state index in [0.717, 1.165) is 10.2 Å². The van der Waals surface area contributed by atoms with Crippen LogP contribution in [0.5, 0.6) is 0 Å². The highest BCUT2D eigenvalue weighted by Gasteiger charge is 2.12. The monoisotopic (exact) mass is 348 g/mol. The van der Waals surface area contributed by atoms with E-state index < -0.39 is 0 Å². The van der Waals surface area contributed by atoms with E-state index in [1.54, 1.807) is 30.3 Å². The quantitative estimate of drug-likeness (QED) is 0.343. The molecule has 0 fully saturated rings. The smallest absolute Gasteiger partial charge is 0.257 e. The van der Waals surface area contributed by atoms with Gasteiger partial charge in [0.1, 0.15) is 0 Å². The Labute approximate surface area is 129 Å². The first-order valence-electron chi connectivity index (χ1n) is 6.02. The number of nitrogens with zero attached hydrogens (tertiary/aromatic N) is 2. The van der Waals surface area contributed by atoms with Gasteiger partial charge in [0.25, 0.3) is 5.91 Å². The number of carbonyl (C=O) groups is 1. The molecule has 1 heterocycles. The predicted molar refractivity (Wildman–Crippen MR) is 83.6 cm³/mol. The molecular weight excluding hydrogens is 336 g/mol. The van der Waals surface area contributed by atoms with Crippen molar-refractivity contribution in [3.8, 4) is 0 Å². The van der Waals surface area contributed by atoms with E-state index >= 15 is 0 Å². The third-order valence-electron chi connectivity index (χ3n) is 2.79. The Morgan fingerprint density at radius 3 is 2.76 bits per heavy atom. The summed E-state index contributed by atoms with van der Waals surface area (Å²) in [5.74, 6) is -0.410. The fourth-order valence-electron chi connectivity index (χ4n) is 1.69. The van der Waals surface area contributed by atoms with E-state index in [9.17, 15) is 4.79 Å². The van der Waals surface area contributed by atoms with Crippen LogP contribution in [0.3, 0.4) is 0 Å². The van der Waals surface area contributed by atoms with Crippen LogP contribution in [0.2, 0.25) is 0 Å². The van der Waals surface area contributed by atoms with Crippen LogP contribution < -0.4 is 11.1 Å². The van der Waals surface area contributed by atoms with Gasteiger partial charge in [0.15, 0.2) is 5.84 Å². The lowest BCUT2D eigenvalue weighted by molar-refractivity contribution is 0.102. The zero-order valence-electron chi connectivity index (χ0n) is 11.2. The van der Waals surface area contributed by atoms with Crippen LogP contribution in [0.4, 0.5) is 5.69 Å². The molecule has 6 nitrogen and oxygen atoms in total. The van der Waals surface area contributed by atoms with Crippen molar-refractivity contribution in [3.63, 3.8) is 0 Å². The van der Waals surface area contributed by atoms with Crippen molar-refractivity contribution in [2.24, 2.45) is 10.9 Å². The minimum atomic E-state index is -0.326. The molecular formula is C14H13BrN4O2. The summed E-state index contributed by atoms with van der Waals surface area (Å²) >= 11 is 3.32. The van der Waals surface area contributed by atoms with Crippen molar-refractivity contribution in [1.29, 1.82) is 0 Å². The molecule has 2 rings (SSSR count). The summed E-state index contributed by atoms with van der Waals surface area (Å²) in [7, 11) is 0. The van der Waals surface area contributed by atoms with E-state index in [4.69, 9.17) is 10.9 Å². The summed E-state index contributed by atoms with van der Waals surface area (Å²) < 4.78 is 0.759. The van der Waals surface area contributed by atoms with Gasteiger partial charge in [-0.2, -0.15) is 0 Å². The Kier molecular flexibility index (Phi) is 4.54. The molecule has 108 valence electrons. The van der Waals surface area contributed by atoms with Crippen molar-refractivity contribution in [2.75, 3.05) is 5.32 Å². The normalized spacial score (nSPS) is 11.2. The van der Waals surface area contributed by atoms with Gasteiger partial charge in [-0.15, -0.1) is 0 Å². The Bertz CT molecular complexity index is 699. The number of benzene rings is 1. The molecule has 0 aliphatic carbocycles. The number of amidine groups is 1. The lowest BCUT2D eigenvalue weighted by Crippen LogP contribution is -2.19. The molecule has 0 aliphatic heterocycles. The first kappa shape index (κ1) is 15.0. The molecule has 0 bridgehead atoms. The number of anilines is 1. The topological polar surface area (TPSA) is 101 Å². The standard InChI is InChI=1S/C14H13BrN4O2/c1-8-2-3-9(7-17-8)14(20)18-12-6-10(15)4-5-11(12)13(16)19-21/h2-7,21H,1H3,(H2,16,19)(H,18,20). The van der Waals surface area contributed by atoms with Gasteiger partial charge in [0, 0.05) is 21.9 Å². The zero-order valence-corrected chi connectivity index (χ0v) is 12.8. The van der Waals surface area contributed by atoms with Gasteiger partial charge < -0.3 is 16.3 Å². The van der Waals surface area contributed by atoms with Crippen LogP contribution in [-0.2, 0) is 0 Å². The van der Waals surface area contributed by atoms with E-state index in [-0.39, 0.29) is 11.7 Å². The maximum Gasteiger partial charge on any atom is 0.257 e. The number of nitrogens with one attached hydrogen (secondary N) is 1. The van der Waals surface area contributed by atoms with E-state index in [1.165, 1.54) is 6.20 Å². The molecule has 4 N–H and O–H groups in total. The molecule has 1 aromatic carbocycles. The maximum absolute atomic E-state index is 12.2. The van der Waals surface area contributed by atoms with Crippen molar-refractivity contribution in [1.82, 2.24) is 4.98 Å². The summed E-state index contributed by atoms with van der Waals surface area (Å²) in [6, 6.07) is 8.48. The molecule has 1 amide bonds. The minimum Gasteiger partial charge on any atom is -0.409 e. The molecule has 1 aromatic heterocycles. The first-order chi connectivity index (χ1) is 10.0. The van der Waals surface area contributed by atoms with Crippen LogP contribution >= 0.6 is 15.9 Å². The van der Waals surface area contributed by atoms with Crippen LogP contribution in [0, 0.1) is 6.92 Å². The molecule has 0 radical (unpaired) electrons. The van der Waals surface area contributed by atoms with Gasteiger partial charge in [-0.25, -0.2) is 0 Å². The van der Waals surface area contributed by atoms with Crippen molar-refractivity contribution in [3.05, 3.63) is 57.8 Å². The maximum atomic E-state index is 12.2. The van der Waals surface area contributed by atoms with Gasteiger partial charge in [0.2, 0.25) is 0 Å². The molecule has 0 saturated carbocycles. The molecule has 0 unspecified atom stereocenters. The number of aromatic nitrogens is 1. The summed E-state index contributed by atoms with van der Waals surface area (Å²) in [6.07, 6.45) is 1.49. The Hall–Kier alpha value is -2.41. The molecule has 2 aromatic rings. The first-order valence-corrected chi connectivity index (χ1v) is 6.82. The fraction of sp³-hybridized carbons (Fsp3) is 0.0714. The molecule has 0 aliphatic rings. The highest BCUT2D eigenvalue weighted by atomic mass is 79.9. The van der Waals surface area contributed by atoms with Crippen molar-refractivity contribution >= 4 is 33.4 Å². The molecule has 7 heteroatoms. The van der Waals surface area contributed by atoms with Crippen molar-refractivity contribution in [2.45, 2.75) is 6.92 Å². The number of carbonyl (C=O) groups excluding carboxylic acids is 1. The summed E-state index contributed by atoms with van der Waals surface area (Å²) in [5, 5.41) is 14.5. The average Bonchev–Trinajstić information content (AvgIpc) is 2.47. The molecule has 0 atom stereocenters. The fourth-order valence-corrected chi connectivity index (χ4v) is 2.05. The second-order valence-corrected chi connectivity index (χ2v) is 5.23. The lowest BCUT2D eigenvalue weighted by atomic mass is 10.1. The summed E-state index contributed by atoms with van der Waals surface area (Å²) in [4.78, 5) is 16.3. The third-order valence-corrected chi connectivity index (χ3v) is 3.28. The second kappa shape index (κ2) is 6.36. The highest BCUT2D eigenvalue weighted by molar-refractivity contribution is 9.10. The Morgan fingerprint density at radius 1 is 1.38 bits per heavy atom. The van der Waals surface area contributed by atoms with E-state index in [2.05, 4.69) is 31.4 Å². The highest BCUT2D eigenvalue weighted by Crippen LogP contribution is 2.22. The molecule has 21 heavy (non-hydrogen) atoms. The Balaban J connectivity index is 2.32. The largest absolute Gasteiger partial charge is 0.409 e. The Morgan fingerprint density at radius 2 is 2.14 bits per heavy atom. The minimum absolute atomic E-state index is 0.0835. The lowest BCUT2D eigenvalue weighted by Gasteiger charge is -2.10. The average molecular weight is 349 g/mol. The number of hydrogen-bond acceptors (Lipinski definition) is 4. The number of rotatable bonds is 3. The van der Waals surface area contributed by atoms with Crippen LogP contribution in [0.1, 0.15) is 21.6 Å². The third kappa shape index (κ3) is 3.57. The molecule has 0 spiro atoms. The number of hydrogen-bond donors (Lipinski definition) is 3. The van der Waals surface area contributed by atoms with Crippen LogP contribution in [-0.4, -0.2) is 21.9 Å². The van der Waals surface area contributed by atoms with Crippen LogP contribution in [0.25, 0.3) is 0 Å². The predicted octanol–water partition coefficient (Wildman–Crippen LogP) is 2.50. The SMILES string of the molecule is Cc1ccc(C(=O)Nc2cc(Br)ccc2/C(N)=N/O)cn1. The van der Waals surface area contributed by atoms with Gasteiger partial charge in [0.05, 0.1) is 11.3 Å². The van der Waals surface area contributed by atoms with Gasteiger partial charge >= 0.3 is 0 Å². The number of amides is 1.